The Balaban J connectivity index is 1.11. The largest absolute Gasteiger partial charge is 0.369 e. The van der Waals surface area contributed by atoms with Gasteiger partial charge in [-0.2, -0.15) is 0 Å². The van der Waals surface area contributed by atoms with Crippen LogP contribution in [-0.2, 0) is 11.8 Å². The Bertz CT molecular complexity index is 1080. The molecular formula is C26H34N5OS+. The van der Waals surface area contributed by atoms with Gasteiger partial charge in [0.1, 0.15) is 0 Å². The Kier molecular flexibility index (Phi) is 6.88. The van der Waals surface area contributed by atoms with Crippen LogP contribution in [0.5, 0.6) is 0 Å². The highest BCUT2D eigenvalue weighted by Gasteiger charge is 2.25. The second kappa shape index (κ2) is 10.2. The molecule has 1 aliphatic carbocycles. The molecule has 2 aliphatic rings. The third kappa shape index (κ3) is 5.20. The molecule has 3 aromatic rings. The van der Waals surface area contributed by atoms with Crippen molar-refractivity contribution in [1.29, 1.82) is 0 Å². The molecule has 0 radical (unpaired) electrons. The molecule has 2 N–H and O–H groups in total. The number of imidazole rings is 1. The average molecular weight is 465 g/mol. The van der Waals surface area contributed by atoms with Gasteiger partial charge in [0, 0.05) is 43.6 Å². The molecule has 1 saturated heterocycles. The summed E-state index contributed by atoms with van der Waals surface area (Å²) in [5.74, 6) is 0.374. The lowest BCUT2D eigenvalue weighted by molar-refractivity contribution is -0.683. The van der Waals surface area contributed by atoms with Gasteiger partial charge in [0.15, 0.2) is 11.0 Å². The zero-order valence-corrected chi connectivity index (χ0v) is 20.2. The summed E-state index contributed by atoms with van der Waals surface area (Å²) in [6.07, 6.45) is 6.98. The maximum Gasteiger partial charge on any atom is 0.317 e. The number of hydrogen-bond donors (Lipinski definition) is 2. The number of amides is 1. The van der Waals surface area contributed by atoms with Gasteiger partial charge in [-0.05, 0) is 61.0 Å². The Morgan fingerprint density at radius 1 is 1.03 bits per heavy atom. The van der Waals surface area contributed by atoms with E-state index in [0.29, 0.717) is 5.75 Å². The number of para-hydroxylation sites is 2. The molecule has 1 aliphatic heterocycles. The van der Waals surface area contributed by atoms with E-state index in [4.69, 9.17) is 0 Å². The molecule has 0 unspecified atom stereocenters. The first-order chi connectivity index (χ1) is 16.2. The van der Waals surface area contributed by atoms with Gasteiger partial charge in [-0.25, -0.2) is 9.55 Å². The van der Waals surface area contributed by atoms with Gasteiger partial charge in [0.25, 0.3) is 0 Å². The number of thioether (sulfide) groups is 1. The number of aromatic nitrogens is 2. The fourth-order valence-electron chi connectivity index (χ4n) is 5.19. The maximum absolute atomic E-state index is 12.5. The number of fused-ring (bicyclic) bond motifs is 1. The van der Waals surface area contributed by atoms with Crippen molar-refractivity contribution in [2.24, 2.45) is 7.05 Å². The van der Waals surface area contributed by atoms with Gasteiger partial charge in [-0.15, -0.1) is 0 Å². The smallest absolute Gasteiger partial charge is 0.317 e. The summed E-state index contributed by atoms with van der Waals surface area (Å²) in [5.41, 5.74) is 4.32. The number of benzene rings is 2. The zero-order valence-electron chi connectivity index (χ0n) is 19.4. The predicted octanol–water partition coefficient (Wildman–Crippen LogP) is 4.18. The number of carbonyl (C=O) groups is 1. The summed E-state index contributed by atoms with van der Waals surface area (Å²) in [5, 5.41) is 4.02. The molecule has 0 atom stereocenters. The summed E-state index contributed by atoms with van der Waals surface area (Å²) in [7, 11) is 2.02. The Morgan fingerprint density at radius 3 is 2.48 bits per heavy atom. The quantitative estimate of drug-likeness (QED) is 0.425. The van der Waals surface area contributed by atoms with E-state index in [0.717, 1.165) is 54.1 Å². The van der Waals surface area contributed by atoms with Crippen molar-refractivity contribution >= 4 is 40.1 Å². The van der Waals surface area contributed by atoms with Crippen LogP contribution < -0.4 is 14.8 Å². The van der Waals surface area contributed by atoms with Crippen LogP contribution in [0.2, 0.25) is 0 Å². The van der Waals surface area contributed by atoms with Crippen molar-refractivity contribution in [2.45, 2.75) is 43.3 Å². The summed E-state index contributed by atoms with van der Waals surface area (Å²) < 4.78 is 2.09. The van der Waals surface area contributed by atoms with Gasteiger partial charge >= 0.3 is 5.16 Å². The number of carbonyl (C=O) groups excluding carboxylic acids is 1. The lowest BCUT2D eigenvalue weighted by atomic mass is 9.94. The lowest BCUT2D eigenvalue weighted by Crippen LogP contribution is -2.50. The van der Waals surface area contributed by atoms with Crippen molar-refractivity contribution in [3.05, 3.63) is 48.5 Å². The summed E-state index contributed by atoms with van der Waals surface area (Å²) in [6.45, 7) is 4.48. The first kappa shape index (κ1) is 22.3. The predicted molar refractivity (Wildman–Crippen MR) is 136 cm³/mol. The number of hydrogen-bond acceptors (Lipinski definition) is 4. The van der Waals surface area contributed by atoms with Gasteiger partial charge in [-0.3, -0.25) is 9.69 Å². The summed E-state index contributed by atoms with van der Waals surface area (Å²) >= 11 is 1.52. The van der Waals surface area contributed by atoms with E-state index in [-0.39, 0.29) is 5.91 Å². The van der Waals surface area contributed by atoms with Crippen LogP contribution in [0.3, 0.4) is 0 Å². The number of nitrogens with zero attached hydrogens (tertiary/aromatic N) is 3. The second-order valence-corrected chi connectivity index (χ2v) is 10.2. The molecular weight excluding hydrogens is 430 g/mol. The normalized spacial score (nSPS) is 18.0. The second-order valence-electron chi connectivity index (χ2n) is 9.20. The van der Waals surface area contributed by atoms with E-state index in [9.17, 15) is 4.79 Å². The Morgan fingerprint density at radius 2 is 1.76 bits per heavy atom. The van der Waals surface area contributed by atoms with Gasteiger partial charge < -0.3 is 10.2 Å². The molecule has 1 amide bonds. The molecule has 1 saturated carbocycles. The van der Waals surface area contributed by atoms with E-state index in [1.807, 2.05) is 31.3 Å². The number of aromatic amines is 1. The minimum absolute atomic E-state index is 0.00695. The topological polar surface area (TPSA) is 55.2 Å². The van der Waals surface area contributed by atoms with E-state index >= 15 is 0 Å². The minimum Gasteiger partial charge on any atom is -0.369 e. The van der Waals surface area contributed by atoms with Crippen molar-refractivity contribution in [1.82, 2.24) is 9.88 Å². The first-order valence-corrected chi connectivity index (χ1v) is 13.1. The van der Waals surface area contributed by atoms with Crippen LogP contribution in [0, 0.1) is 0 Å². The van der Waals surface area contributed by atoms with Crippen LogP contribution in [0.1, 0.15) is 32.1 Å². The molecule has 5 rings (SSSR count). The molecule has 2 aromatic carbocycles. The summed E-state index contributed by atoms with van der Waals surface area (Å²) in [4.78, 5) is 21.1. The third-order valence-electron chi connectivity index (χ3n) is 7.07. The highest BCUT2D eigenvalue weighted by molar-refractivity contribution is 7.99. The highest BCUT2D eigenvalue weighted by atomic mass is 32.2. The summed E-state index contributed by atoms with van der Waals surface area (Å²) in [6, 6.07) is 17.3. The number of anilines is 2. The van der Waals surface area contributed by atoms with E-state index in [2.05, 4.69) is 48.9 Å². The van der Waals surface area contributed by atoms with Crippen LogP contribution in [-0.4, -0.2) is 53.8 Å². The van der Waals surface area contributed by atoms with E-state index in [1.54, 1.807) is 0 Å². The van der Waals surface area contributed by atoms with Gasteiger partial charge in [0.2, 0.25) is 5.91 Å². The lowest BCUT2D eigenvalue weighted by Gasteiger charge is -2.41. The average Bonchev–Trinajstić information content (AvgIpc) is 3.19. The van der Waals surface area contributed by atoms with Gasteiger partial charge in [-0.1, -0.05) is 31.4 Å². The number of piperazine rings is 1. The van der Waals surface area contributed by atoms with E-state index in [1.165, 1.54) is 49.6 Å². The molecule has 33 heavy (non-hydrogen) atoms. The fraction of sp³-hybridized carbons (Fsp3) is 0.462. The molecule has 7 heteroatoms. The Labute approximate surface area is 200 Å². The molecule has 2 heterocycles. The first-order valence-electron chi connectivity index (χ1n) is 12.2. The van der Waals surface area contributed by atoms with Crippen LogP contribution in [0.25, 0.3) is 11.0 Å². The number of nitrogens with one attached hydrogen (secondary N) is 2. The highest BCUT2D eigenvalue weighted by Crippen LogP contribution is 2.26. The molecule has 1 aromatic heterocycles. The van der Waals surface area contributed by atoms with Crippen molar-refractivity contribution in [3.63, 3.8) is 0 Å². The van der Waals surface area contributed by atoms with Gasteiger partial charge in [0.05, 0.1) is 12.8 Å². The SMILES string of the molecule is C[n+]1c(SCC(=O)Nc2ccc(N3CCN(C4CCCCC4)CC3)cc2)[nH]c2ccccc21. The monoisotopic (exact) mass is 464 g/mol. The van der Waals surface area contributed by atoms with E-state index < -0.39 is 0 Å². The van der Waals surface area contributed by atoms with Crippen molar-refractivity contribution in [2.75, 3.05) is 42.1 Å². The Hall–Kier alpha value is -2.51. The molecule has 174 valence electrons. The standard InChI is InChI=1S/C26H33N5OS/c1-29-24-10-6-5-9-23(24)28-26(29)33-19-25(32)27-20-11-13-22(14-12-20)31-17-15-30(16-18-31)21-7-3-2-4-8-21/h5-6,9-14,21H,2-4,7-8,15-19H2,1H3,(H,27,32)/p+1. The molecule has 6 nitrogen and oxygen atoms in total. The fourth-order valence-corrected chi connectivity index (χ4v) is 6.01. The van der Waals surface area contributed by atoms with Crippen molar-refractivity contribution in [3.8, 4) is 0 Å². The van der Waals surface area contributed by atoms with Crippen molar-refractivity contribution < 1.29 is 9.36 Å². The maximum atomic E-state index is 12.5. The molecule has 0 spiro atoms. The molecule has 0 bridgehead atoms. The minimum atomic E-state index is 0.00695. The third-order valence-corrected chi connectivity index (χ3v) is 8.13. The van der Waals surface area contributed by atoms with Crippen LogP contribution in [0.15, 0.2) is 53.7 Å². The molecule has 2 fully saturated rings. The zero-order chi connectivity index (χ0) is 22.6. The van der Waals surface area contributed by atoms with Crippen LogP contribution in [0.4, 0.5) is 11.4 Å². The van der Waals surface area contributed by atoms with Crippen LogP contribution >= 0.6 is 11.8 Å². The number of rotatable bonds is 6. The number of aryl methyl sites for hydroxylation is 1. The number of H-pyrrole nitrogens is 1.